The van der Waals surface area contributed by atoms with Crippen molar-refractivity contribution in [1.29, 1.82) is 0 Å². The molecular weight excluding hydrogens is 490 g/mol. The fraction of sp³-hybridized carbons (Fsp3) is 0.292. The van der Waals surface area contributed by atoms with Gasteiger partial charge in [-0.1, -0.05) is 6.42 Å². The fourth-order valence-corrected chi connectivity index (χ4v) is 5.87. The van der Waals surface area contributed by atoms with Crippen molar-refractivity contribution in [2.24, 2.45) is 0 Å². The molecule has 0 aliphatic carbocycles. The van der Waals surface area contributed by atoms with Crippen molar-refractivity contribution in [2.75, 3.05) is 32.1 Å². The lowest BCUT2D eigenvalue weighted by atomic mass is 10.2. The van der Waals surface area contributed by atoms with Crippen LogP contribution >= 0.6 is 11.3 Å². The number of anilines is 1. The number of hydrogen-bond donors (Lipinski definition) is 1. The Hall–Kier alpha value is -3.28. The molecule has 11 heteroatoms. The summed E-state index contributed by atoms with van der Waals surface area (Å²) in [6, 6.07) is 12.9. The van der Waals surface area contributed by atoms with E-state index in [0.29, 0.717) is 23.9 Å². The highest BCUT2D eigenvalue weighted by atomic mass is 32.2. The van der Waals surface area contributed by atoms with E-state index in [0.717, 1.165) is 30.6 Å². The largest absolute Gasteiger partial charge is 0.497 e. The standard InChI is InChI=1S/C24H25N3O6S2/c1-32-19-9-5-17(6-10-19)21-16-34-24(25-21)26-22(28)15-33-23(29)18-7-11-20(12-8-18)35(30,31)27-13-3-2-4-14-27/h5-12,16H,2-4,13-15H2,1H3,(H,25,26,28). The highest BCUT2D eigenvalue weighted by Gasteiger charge is 2.26. The van der Waals surface area contributed by atoms with Crippen LogP contribution < -0.4 is 10.1 Å². The number of piperidine rings is 1. The van der Waals surface area contributed by atoms with E-state index in [2.05, 4.69) is 10.3 Å². The van der Waals surface area contributed by atoms with Crippen LogP contribution in [0, 0.1) is 0 Å². The van der Waals surface area contributed by atoms with Gasteiger partial charge in [-0.3, -0.25) is 10.1 Å². The normalized spacial score (nSPS) is 14.3. The third-order valence-electron chi connectivity index (χ3n) is 5.51. The summed E-state index contributed by atoms with van der Waals surface area (Å²) in [5.74, 6) is -0.518. The fourth-order valence-electron chi connectivity index (χ4n) is 3.61. The minimum atomic E-state index is -3.58. The minimum Gasteiger partial charge on any atom is -0.497 e. The number of carbonyl (C=O) groups is 2. The van der Waals surface area contributed by atoms with Crippen LogP contribution in [0.5, 0.6) is 5.75 Å². The van der Waals surface area contributed by atoms with Crippen molar-refractivity contribution in [1.82, 2.24) is 9.29 Å². The molecule has 9 nitrogen and oxygen atoms in total. The highest BCUT2D eigenvalue weighted by Crippen LogP contribution is 2.26. The van der Waals surface area contributed by atoms with E-state index in [1.54, 1.807) is 7.11 Å². The molecule has 1 aliphatic heterocycles. The molecule has 4 rings (SSSR count). The van der Waals surface area contributed by atoms with Crippen LogP contribution in [-0.2, 0) is 19.6 Å². The molecule has 1 amide bonds. The SMILES string of the molecule is COc1ccc(-c2csc(NC(=O)COC(=O)c3ccc(S(=O)(=O)N4CCCCC4)cc3)n2)cc1. The Morgan fingerprint density at radius 3 is 2.37 bits per heavy atom. The van der Waals surface area contributed by atoms with Gasteiger partial charge in [0.05, 0.1) is 23.3 Å². The quantitative estimate of drug-likeness (QED) is 0.454. The first-order chi connectivity index (χ1) is 16.9. The number of esters is 1. The number of sulfonamides is 1. The molecule has 35 heavy (non-hydrogen) atoms. The van der Waals surface area contributed by atoms with Crippen molar-refractivity contribution in [2.45, 2.75) is 24.2 Å². The van der Waals surface area contributed by atoms with Crippen molar-refractivity contribution in [3.05, 3.63) is 59.5 Å². The number of amides is 1. The van der Waals surface area contributed by atoms with Gasteiger partial charge in [-0.15, -0.1) is 11.3 Å². The second-order valence-electron chi connectivity index (χ2n) is 7.88. The average molecular weight is 516 g/mol. The molecular formula is C24H25N3O6S2. The number of ether oxygens (including phenoxy) is 2. The Morgan fingerprint density at radius 1 is 1.03 bits per heavy atom. The topological polar surface area (TPSA) is 115 Å². The smallest absolute Gasteiger partial charge is 0.338 e. The van der Waals surface area contributed by atoms with Crippen LogP contribution in [0.4, 0.5) is 5.13 Å². The lowest BCUT2D eigenvalue weighted by molar-refractivity contribution is -0.119. The number of carbonyl (C=O) groups excluding carboxylic acids is 2. The zero-order chi connectivity index (χ0) is 24.8. The molecule has 0 spiro atoms. The van der Waals surface area contributed by atoms with E-state index in [9.17, 15) is 18.0 Å². The molecule has 3 aromatic rings. The number of methoxy groups -OCH3 is 1. The first-order valence-corrected chi connectivity index (χ1v) is 13.4. The van der Waals surface area contributed by atoms with Gasteiger partial charge in [-0.05, 0) is 61.4 Å². The van der Waals surface area contributed by atoms with E-state index in [4.69, 9.17) is 9.47 Å². The summed E-state index contributed by atoms with van der Waals surface area (Å²) in [6.07, 6.45) is 2.71. The number of thiazole rings is 1. The monoisotopic (exact) mass is 515 g/mol. The summed E-state index contributed by atoms with van der Waals surface area (Å²) in [5.41, 5.74) is 1.73. The van der Waals surface area contributed by atoms with Gasteiger partial charge in [0, 0.05) is 24.0 Å². The molecule has 1 saturated heterocycles. The first-order valence-electron chi connectivity index (χ1n) is 11.0. The molecule has 0 unspecified atom stereocenters. The van der Waals surface area contributed by atoms with E-state index >= 15 is 0 Å². The Balaban J connectivity index is 1.30. The number of aromatic nitrogens is 1. The second-order valence-corrected chi connectivity index (χ2v) is 10.7. The van der Waals surface area contributed by atoms with Gasteiger partial charge in [0.1, 0.15) is 5.75 Å². The molecule has 1 aromatic heterocycles. The number of nitrogens with zero attached hydrogens (tertiary/aromatic N) is 2. The van der Waals surface area contributed by atoms with E-state index in [-0.39, 0.29) is 10.5 Å². The maximum Gasteiger partial charge on any atom is 0.338 e. The predicted molar refractivity (Wildman–Crippen MR) is 132 cm³/mol. The second kappa shape index (κ2) is 11.0. The zero-order valence-corrected chi connectivity index (χ0v) is 20.7. The number of nitrogens with one attached hydrogen (secondary N) is 1. The number of hydrogen-bond acceptors (Lipinski definition) is 8. The Bertz CT molecular complexity index is 1280. The summed E-state index contributed by atoms with van der Waals surface area (Å²) >= 11 is 1.25. The predicted octanol–water partition coefficient (Wildman–Crippen LogP) is 3.79. The molecule has 0 saturated carbocycles. The van der Waals surface area contributed by atoms with Crippen molar-refractivity contribution in [3.63, 3.8) is 0 Å². The molecule has 0 radical (unpaired) electrons. The molecule has 2 heterocycles. The van der Waals surface area contributed by atoms with Crippen LogP contribution in [0.15, 0.2) is 58.8 Å². The van der Waals surface area contributed by atoms with E-state index in [1.807, 2.05) is 29.6 Å². The number of benzene rings is 2. The highest BCUT2D eigenvalue weighted by molar-refractivity contribution is 7.89. The van der Waals surface area contributed by atoms with Crippen LogP contribution in [0.2, 0.25) is 0 Å². The molecule has 2 aromatic carbocycles. The van der Waals surface area contributed by atoms with E-state index in [1.165, 1.54) is 39.9 Å². The van der Waals surface area contributed by atoms with Gasteiger partial charge in [0.2, 0.25) is 10.0 Å². The Morgan fingerprint density at radius 2 is 1.71 bits per heavy atom. The third kappa shape index (κ3) is 6.05. The molecule has 0 bridgehead atoms. The van der Waals surface area contributed by atoms with Gasteiger partial charge >= 0.3 is 5.97 Å². The third-order valence-corrected chi connectivity index (χ3v) is 8.18. The summed E-state index contributed by atoms with van der Waals surface area (Å²) in [6.45, 7) is 0.508. The van der Waals surface area contributed by atoms with Crippen LogP contribution in [-0.4, -0.2) is 56.4 Å². The maximum absolute atomic E-state index is 12.7. The van der Waals surface area contributed by atoms with Crippen LogP contribution in [0.3, 0.4) is 0 Å². The lowest BCUT2D eigenvalue weighted by Gasteiger charge is -2.25. The summed E-state index contributed by atoms with van der Waals surface area (Å²) < 4.78 is 37.1. The van der Waals surface area contributed by atoms with Crippen LogP contribution in [0.25, 0.3) is 11.3 Å². The summed E-state index contributed by atoms with van der Waals surface area (Å²) in [7, 11) is -1.99. The lowest BCUT2D eigenvalue weighted by Crippen LogP contribution is -2.35. The Labute approximate surface area is 207 Å². The molecule has 0 atom stereocenters. The van der Waals surface area contributed by atoms with Crippen molar-refractivity contribution in [3.8, 4) is 17.0 Å². The van der Waals surface area contributed by atoms with E-state index < -0.39 is 28.5 Å². The summed E-state index contributed by atoms with van der Waals surface area (Å²) in [5, 5.41) is 4.80. The molecule has 1 N–H and O–H groups in total. The van der Waals surface area contributed by atoms with Gasteiger partial charge in [-0.2, -0.15) is 4.31 Å². The number of rotatable bonds is 8. The Kier molecular flexibility index (Phi) is 7.79. The minimum absolute atomic E-state index is 0.130. The van der Waals surface area contributed by atoms with Gasteiger partial charge in [-0.25, -0.2) is 18.2 Å². The molecule has 184 valence electrons. The van der Waals surface area contributed by atoms with Gasteiger partial charge in [0.25, 0.3) is 5.91 Å². The first kappa shape index (κ1) is 24.8. The average Bonchev–Trinajstić information content (AvgIpc) is 3.36. The molecule has 1 fully saturated rings. The van der Waals surface area contributed by atoms with Crippen LogP contribution in [0.1, 0.15) is 29.6 Å². The van der Waals surface area contributed by atoms with Gasteiger partial charge < -0.3 is 9.47 Å². The van der Waals surface area contributed by atoms with Gasteiger partial charge in [0.15, 0.2) is 11.7 Å². The van der Waals surface area contributed by atoms with Crippen molar-refractivity contribution >= 4 is 38.4 Å². The zero-order valence-electron chi connectivity index (χ0n) is 19.1. The maximum atomic E-state index is 12.7. The van der Waals surface area contributed by atoms with Crippen molar-refractivity contribution < 1.29 is 27.5 Å². The summed E-state index contributed by atoms with van der Waals surface area (Å²) in [4.78, 5) is 29.0. The molecule has 1 aliphatic rings.